The first-order valence-corrected chi connectivity index (χ1v) is 11.6. The summed E-state index contributed by atoms with van der Waals surface area (Å²) in [6.07, 6.45) is 6.61. The topological polar surface area (TPSA) is 58.6 Å². The minimum atomic E-state index is -0.587. The summed E-state index contributed by atoms with van der Waals surface area (Å²) in [6.45, 7) is 6.02. The van der Waals surface area contributed by atoms with Crippen molar-refractivity contribution in [1.82, 2.24) is 10.2 Å². The molecule has 30 heavy (non-hydrogen) atoms. The summed E-state index contributed by atoms with van der Waals surface area (Å²) in [5, 5.41) is 3.42. The van der Waals surface area contributed by atoms with Crippen LogP contribution >= 0.6 is 0 Å². The van der Waals surface area contributed by atoms with Gasteiger partial charge in [0.2, 0.25) is 5.91 Å². The van der Waals surface area contributed by atoms with Gasteiger partial charge >= 0.3 is 6.09 Å². The Bertz CT molecular complexity index is 815. The minimum Gasteiger partial charge on any atom is -0.444 e. The van der Waals surface area contributed by atoms with E-state index in [0.29, 0.717) is 24.8 Å². The van der Waals surface area contributed by atoms with Crippen LogP contribution in [0, 0.1) is 23.7 Å². The Hall–Kier alpha value is -2.04. The van der Waals surface area contributed by atoms with E-state index in [1.165, 1.54) is 32.1 Å². The van der Waals surface area contributed by atoms with Gasteiger partial charge in [-0.3, -0.25) is 9.69 Å². The molecule has 1 heterocycles. The first-order valence-electron chi connectivity index (χ1n) is 11.6. The second kappa shape index (κ2) is 7.28. The van der Waals surface area contributed by atoms with E-state index < -0.39 is 17.7 Å². The molecule has 1 aliphatic heterocycles. The highest BCUT2D eigenvalue weighted by Crippen LogP contribution is 2.53. The number of hydrogen-bond donors (Lipinski definition) is 1. The lowest BCUT2D eigenvalue weighted by molar-refractivity contribution is -0.131. The number of nitrogens with zero attached hydrogens (tertiary/aromatic N) is 1. The molecule has 4 bridgehead atoms. The normalized spacial score (nSPS) is 34.4. The first kappa shape index (κ1) is 19.9. The second-order valence-corrected chi connectivity index (χ2v) is 11.1. The van der Waals surface area contributed by atoms with Gasteiger partial charge in [0.05, 0.1) is 6.54 Å². The van der Waals surface area contributed by atoms with Crippen LogP contribution in [0.5, 0.6) is 0 Å². The van der Waals surface area contributed by atoms with Gasteiger partial charge in [0.1, 0.15) is 11.6 Å². The maximum absolute atomic E-state index is 13.5. The molecule has 0 aromatic heterocycles. The molecule has 6 rings (SSSR count). The fourth-order valence-corrected chi connectivity index (χ4v) is 6.69. The van der Waals surface area contributed by atoms with Crippen molar-refractivity contribution < 1.29 is 14.3 Å². The quantitative estimate of drug-likeness (QED) is 0.791. The summed E-state index contributed by atoms with van der Waals surface area (Å²) in [6, 6.07) is 7.88. The van der Waals surface area contributed by atoms with Gasteiger partial charge in [0.15, 0.2) is 0 Å². The van der Waals surface area contributed by atoms with Crippen molar-refractivity contribution in [3.63, 3.8) is 0 Å². The highest BCUT2D eigenvalue weighted by atomic mass is 16.6. The van der Waals surface area contributed by atoms with E-state index in [1.54, 1.807) is 4.90 Å². The number of nitrogens with one attached hydrogen (secondary N) is 1. The molecule has 162 valence electrons. The standard InChI is InChI=1S/C25H34N2O3/c1-25(2,3)30-24(29)27-14-18-7-5-4-6-17(18)13-21(27)23(28)26-22-19-9-15-8-16(11-19)12-20(22)10-15/h4-7,15-16,19-22H,8-14H2,1-3H3,(H,26,28)/t15?,16?,19?,20?,21-,22?/m0/s1. The highest BCUT2D eigenvalue weighted by molar-refractivity contribution is 5.87. The summed E-state index contributed by atoms with van der Waals surface area (Å²) >= 11 is 0. The van der Waals surface area contributed by atoms with Crippen LogP contribution in [-0.4, -0.2) is 34.6 Å². The number of carbonyl (C=O) groups excluding carboxylic acids is 2. The summed E-state index contributed by atoms with van der Waals surface area (Å²) in [7, 11) is 0. The molecule has 2 amide bonds. The van der Waals surface area contributed by atoms with E-state index in [2.05, 4.69) is 11.4 Å². The average molecular weight is 411 g/mol. The largest absolute Gasteiger partial charge is 0.444 e. The lowest BCUT2D eigenvalue weighted by atomic mass is 9.54. The zero-order chi connectivity index (χ0) is 21.0. The molecule has 1 atom stereocenters. The number of benzene rings is 1. The second-order valence-electron chi connectivity index (χ2n) is 11.1. The predicted molar refractivity (Wildman–Crippen MR) is 115 cm³/mol. The van der Waals surface area contributed by atoms with Gasteiger partial charge in [-0.15, -0.1) is 0 Å². The van der Waals surface area contributed by atoms with Crippen molar-refractivity contribution in [2.75, 3.05) is 0 Å². The van der Waals surface area contributed by atoms with E-state index in [9.17, 15) is 9.59 Å². The van der Waals surface area contributed by atoms with Crippen molar-refractivity contribution in [2.24, 2.45) is 23.7 Å². The maximum Gasteiger partial charge on any atom is 0.411 e. The smallest absolute Gasteiger partial charge is 0.411 e. The molecule has 0 radical (unpaired) electrons. The first-order chi connectivity index (χ1) is 14.3. The van der Waals surface area contributed by atoms with Crippen LogP contribution in [0.1, 0.15) is 64.0 Å². The van der Waals surface area contributed by atoms with Crippen LogP contribution in [0.25, 0.3) is 0 Å². The van der Waals surface area contributed by atoms with Crippen molar-refractivity contribution in [1.29, 1.82) is 0 Å². The molecule has 5 heteroatoms. The van der Waals surface area contributed by atoms with Crippen molar-refractivity contribution >= 4 is 12.0 Å². The van der Waals surface area contributed by atoms with E-state index >= 15 is 0 Å². The van der Waals surface area contributed by atoms with Gasteiger partial charge in [-0.1, -0.05) is 24.3 Å². The number of fused-ring (bicyclic) bond motifs is 1. The molecule has 5 aliphatic rings. The lowest BCUT2D eigenvalue weighted by Gasteiger charge is -2.54. The van der Waals surface area contributed by atoms with Crippen LogP contribution in [0.4, 0.5) is 4.79 Å². The molecule has 4 aliphatic carbocycles. The molecule has 0 spiro atoms. The average Bonchev–Trinajstić information content (AvgIpc) is 2.67. The van der Waals surface area contributed by atoms with Crippen molar-refractivity contribution in [3.05, 3.63) is 35.4 Å². The summed E-state index contributed by atoms with van der Waals surface area (Å²) in [5.74, 6) is 2.99. The van der Waals surface area contributed by atoms with Gasteiger partial charge in [-0.05, 0) is 87.7 Å². The molecule has 4 fully saturated rings. The van der Waals surface area contributed by atoms with Gasteiger partial charge in [0.25, 0.3) is 0 Å². The third-order valence-electron chi connectivity index (χ3n) is 7.71. The molecule has 1 aromatic rings. The van der Waals surface area contributed by atoms with Crippen molar-refractivity contribution in [3.8, 4) is 0 Å². The van der Waals surface area contributed by atoms with Gasteiger partial charge in [-0.25, -0.2) is 4.79 Å². The summed E-state index contributed by atoms with van der Waals surface area (Å²) < 4.78 is 5.66. The number of carbonyl (C=O) groups is 2. The maximum atomic E-state index is 13.5. The molecule has 1 N–H and O–H groups in total. The molecule has 1 aromatic carbocycles. The molecule has 0 unspecified atom stereocenters. The molecule has 5 nitrogen and oxygen atoms in total. The Kier molecular flexibility index (Phi) is 4.83. The number of ether oxygens (including phenoxy) is 1. The Balaban J connectivity index is 1.36. The van der Waals surface area contributed by atoms with Crippen LogP contribution < -0.4 is 5.32 Å². The Labute approximate surface area is 179 Å². The van der Waals surface area contributed by atoms with Crippen LogP contribution in [0.2, 0.25) is 0 Å². The Morgan fingerprint density at radius 1 is 0.967 bits per heavy atom. The van der Waals surface area contributed by atoms with E-state index in [1.807, 2.05) is 39.0 Å². The predicted octanol–water partition coefficient (Wildman–Crippen LogP) is 4.29. The number of hydrogen-bond acceptors (Lipinski definition) is 3. The fraction of sp³-hybridized carbons (Fsp3) is 0.680. The van der Waals surface area contributed by atoms with Gasteiger partial charge in [-0.2, -0.15) is 0 Å². The van der Waals surface area contributed by atoms with E-state index in [0.717, 1.165) is 23.0 Å². The lowest BCUT2D eigenvalue weighted by Crippen LogP contribution is -2.60. The van der Waals surface area contributed by atoms with Crippen LogP contribution in [0.15, 0.2) is 24.3 Å². The summed E-state index contributed by atoms with van der Waals surface area (Å²) in [4.78, 5) is 28.2. The molecule has 4 saturated carbocycles. The van der Waals surface area contributed by atoms with Gasteiger partial charge in [0, 0.05) is 12.5 Å². The van der Waals surface area contributed by atoms with Crippen LogP contribution in [-0.2, 0) is 22.5 Å². The zero-order valence-corrected chi connectivity index (χ0v) is 18.4. The van der Waals surface area contributed by atoms with Crippen LogP contribution in [0.3, 0.4) is 0 Å². The Morgan fingerprint density at radius 3 is 2.17 bits per heavy atom. The molecular formula is C25H34N2O3. The summed E-state index contributed by atoms with van der Waals surface area (Å²) in [5.41, 5.74) is 1.67. The van der Waals surface area contributed by atoms with E-state index in [-0.39, 0.29) is 11.9 Å². The third kappa shape index (κ3) is 3.72. The van der Waals surface area contributed by atoms with Crippen molar-refractivity contribution in [2.45, 2.75) is 83.5 Å². The number of amides is 2. The monoisotopic (exact) mass is 410 g/mol. The minimum absolute atomic E-state index is 0.00663. The van der Waals surface area contributed by atoms with E-state index in [4.69, 9.17) is 4.74 Å². The van der Waals surface area contributed by atoms with Gasteiger partial charge < -0.3 is 10.1 Å². The zero-order valence-electron chi connectivity index (χ0n) is 18.4. The molecular weight excluding hydrogens is 376 g/mol. The Morgan fingerprint density at radius 2 is 1.57 bits per heavy atom. The fourth-order valence-electron chi connectivity index (χ4n) is 6.69. The molecule has 0 saturated heterocycles. The highest BCUT2D eigenvalue weighted by Gasteiger charge is 2.49. The third-order valence-corrected chi connectivity index (χ3v) is 7.71. The SMILES string of the molecule is CC(C)(C)OC(=O)N1Cc2ccccc2C[C@H]1C(=O)NC1C2CC3CC(C2)CC1C3. The number of rotatable bonds is 2.